The summed E-state index contributed by atoms with van der Waals surface area (Å²) in [4.78, 5) is 11.7. The topological polar surface area (TPSA) is 70.6 Å². The highest BCUT2D eigenvalue weighted by Crippen LogP contribution is 2.30. The van der Waals surface area contributed by atoms with Gasteiger partial charge < -0.3 is 20.5 Å². The first-order valence-electron chi connectivity index (χ1n) is 8.71. The third kappa shape index (κ3) is 5.43. The summed E-state index contributed by atoms with van der Waals surface area (Å²) in [6.07, 6.45) is 6.55. The number of carbonyl (C=O) groups excluding carboxylic acids is 1. The molecule has 2 aliphatic carbocycles. The average Bonchev–Trinajstić information content (AvgIpc) is 2.39. The molecule has 0 heterocycles. The maximum Gasteiger partial charge on any atom is 0.407 e. The van der Waals surface area contributed by atoms with Crippen molar-refractivity contribution in [3.63, 3.8) is 0 Å². The number of carbonyl (C=O) groups is 1. The van der Waals surface area contributed by atoms with E-state index in [1.807, 2.05) is 20.8 Å². The third-order valence-electron chi connectivity index (χ3n) is 4.83. The van der Waals surface area contributed by atoms with Crippen LogP contribution in [0.5, 0.6) is 0 Å². The third-order valence-corrected chi connectivity index (χ3v) is 4.83. The summed E-state index contributed by atoms with van der Waals surface area (Å²) in [5.74, 6) is 1.08. The van der Waals surface area contributed by atoms with E-state index >= 15 is 0 Å². The summed E-state index contributed by atoms with van der Waals surface area (Å²) in [5, 5.41) is 16.0. The second kappa shape index (κ2) is 7.64. The van der Waals surface area contributed by atoms with Crippen LogP contribution in [0.1, 0.15) is 59.3 Å². The van der Waals surface area contributed by atoms with E-state index in [1.54, 1.807) is 0 Å². The fraction of sp³-hybridized carbons (Fsp3) is 0.941. The van der Waals surface area contributed by atoms with E-state index in [4.69, 9.17) is 4.74 Å². The molecule has 3 N–H and O–H groups in total. The lowest BCUT2D eigenvalue weighted by atomic mass is 9.79. The van der Waals surface area contributed by atoms with E-state index in [-0.39, 0.29) is 12.1 Å². The van der Waals surface area contributed by atoms with E-state index in [2.05, 4.69) is 10.6 Å². The number of hydrogen-bond donors (Lipinski definition) is 3. The van der Waals surface area contributed by atoms with Gasteiger partial charge in [0.05, 0.1) is 0 Å². The molecule has 2 saturated carbocycles. The standard InChI is InChI=1S/C17H32N2O3/c1-17(2,3)22-16(21)19-15-8-14(9-15)18-10-12-6-4-5-7-13(12)11-20/h12-15,18,20H,4-11H2,1-3H3,(H,19,21). The Hall–Kier alpha value is -0.810. The van der Waals surface area contributed by atoms with Crippen molar-refractivity contribution in [3.05, 3.63) is 0 Å². The largest absolute Gasteiger partial charge is 0.444 e. The molecular weight excluding hydrogens is 280 g/mol. The smallest absolute Gasteiger partial charge is 0.407 e. The zero-order valence-electron chi connectivity index (χ0n) is 14.2. The molecule has 2 fully saturated rings. The SMILES string of the molecule is CC(C)(C)OC(=O)NC1CC(NCC2CCCCC2CO)C1. The Labute approximate surface area is 134 Å². The Morgan fingerprint density at radius 1 is 1.14 bits per heavy atom. The Balaban J connectivity index is 1.60. The molecular formula is C17H32N2O3. The van der Waals surface area contributed by atoms with Gasteiger partial charge in [0.15, 0.2) is 0 Å². The molecule has 0 saturated heterocycles. The molecule has 22 heavy (non-hydrogen) atoms. The second-order valence-corrected chi connectivity index (χ2v) is 7.91. The van der Waals surface area contributed by atoms with E-state index in [1.165, 1.54) is 19.3 Å². The van der Waals surface area contributed by atoms with Crippen molar-refractivity contribution in [1.29, 1.82) is 0 Å². The number of ether oxygens (including phenoxy) is 1. The van der Waals surface area contributed by atoms with Crippen LogP contribution in [0.3, 0.4) is 0 Å². The minimum atomic E-state index is -0.439. The van der Waals surface area contributed by atoms with Crippen molar-refractivity contribution in [2.75, 3.05) is 13.2 Å². The lowest BCUT2D eigenvalue weighted by molar-refractivity contribution is 0.0461. The fourth-order valence-electron chi connectivity index (χ4n) is 3.49. The molecule has 2 aliphatic rings. The highest BCUT2D eigenvalue weighted by molar-refractivity contribution is 5.68. The first-order valence-corrected chi connectivity index (χ1v) is 8.71. The van der Waals surface area contributed by atoms with E-state index in [0.717, 1.165) is 25.8 Å². The lowest BCUT2D eigenvalue weighted by Crippen LogP contribution is -2.54. The van der Waals surface area contributed by atoms with E-state index < -0.39 is 5.60 Å². The number of aliphatic hydroxyl groups is 1. The summed E-state index contributed by atoms with van der Waals surface area (Å²) >= 11 is 0. The Bertz CT molecular complexity index is 361. The predicted molar refractivity (Wildman–Crippen MR) is 86.7 cm³/mol. The van der Waals surface area contributed by atoms with Gasteiger partial charge in [-0.3, -0.25) is 0 Å². The lowest BCUT2D eigenvalue weighted by Gasteiger charge is -2.39. The maximum atomic E-state index is 11.7. The molecule has 0 bridgehead atoms. The maximum absolute atomic E-state index is 11.7. The van der Waals surface area contributed by atoms with Crippen LogP contribution in [0.2, 0.25) is 0 Å². The van der Waals surface area contributed by atoms with Crippen LogP contribution in [0.4, 0.5) is 4.79 Å². The van der Waals surface area contributed by atoms with Gasteiger partial charge in [-0.25, -0.2) is 4.79 Å². The molecule has 1 amide bonds. The first-order chi connectivity index (χ1) is 10.4. The number of amides is 1. The van der Waals surface area contributed by atoms with Gasteiger partial charge in [0.25, 0.3) is 0 Å². The van der Waals surface area contributed by atoms with Gasteiger partial charge in [0.2, 0.25) is 0 Å². The second-order valence-electron chi connectivity index (χ2n) is 7.91. The molecule has 5 heteroatoms. The minimum absolute atomic E-state index is 0.229. The van der Waals surface area contributed by atoms with Gasteiger partial charge in [-0.2, -0.15) is 0 Å². The minimum Gasteiger partial charge on any atom is -0.444 e. The van der Waals surface area contributed by atoms with Crippen LogP contribution in [0.25, 0.3) is 0 Å². The molecule has 0 aliphatic heterocycles. The quantitative estimate of drug-likeness (QED) is 0.729. The summed E-state index contributed by atoms with van der Waals surface area (Å²) in [6, 6.07) is 0.716. The normalized spacial score (nSPS) is 32.2. The molecule has 2 atom stereocenters. The molecule has 0 radical (unpaired) electrons. The highest BCUT2D eigenvalue weighted by Gasteiger charge is 2.32. The molecule has 0 spiro atoms. The Morgan fingerprint density at radius 2 is 1.77 bits per heavy atom. The van der Waals surface area contributed by atoms with Crippen LogP contribution >= 0.6 is 0 Å². The zero-order chi connectivity index (χ0) is 16.2. The van der Waals surface area contributed by atoms with Crippen LogP contribution in [0, 0.1) is 11.8 Å². The summed E-state index contributed by atoms with van der Waals surface area (Å²) in [6.45, 7) is 6.94. The summed E-state index contributed by atoms with van der Waals surface area (Å²) in [7, 11) is 0. The van der Waals surface area contributed by atoms with Crippen molar-refractivity contribution < 1.29 is 14.6 Å². The van der Waals surface area contributed by atoms with Gasteiger partial charge in [0, 0.05) is 18.7 Å². The van der Waals surface area contributed by atoms with Gasteiger partial charge in [-0.15, -0.1) is 0 Å². The Morgan fingerprint density at radius 3 is 2.36 bits per heavy atom. The first kappa shape index (κ1) is 17.5. The van der Waals surface area contributed by atoms with Gasteiger partial charge in [-0.1, -0.05) is 12.8 Å². The molecule has 0 aromatic rings. The van der Waals surface area contributed by atoms with Gasteiger partial charge in [0.1, 0.15) is 5.60 Å². The van der Waals surface area contributed by atoms with Gasteiger partial charge >= 0.3 is 6.09 Å². The molecule has 0 aromatic carbocycles. The fourth-order valence-corrected chi connectivity index (χ4v) is 3.49. The average molecular weight is 312 g/mol. The molecule has 5 nitrogen and oxygen atoms in total. The van der Waals surface area contributed by atoms with Crippen molar-refractivity contribution in [2.45, 2.75) is 77.0 Å². The molecule has 2 unspecified atom stereocenters. The van der Waals surface area contributed by atoms with E-state index in [0.29, 0.717) is 24.5 Å². The predicted octanol–water partition coefficient (Wildman–Crippen LogP) is 2.43. The van der Waals surface area contributed by atoms with Crippen LogP contribution in [0.15, 0.2) is 0 Å². The number of hydrogen-bond acceptors (Lipinski definition) is 4. The summed E-state index contributed by atoms with van der Waals surface area (Å²) in [5.41, 5.74) is -0.439. The van der Waals surface area contributed by atoms with Crippen molar-refractivity contribution in [3.8, 4) is 0 Å². The molecule has 128 valence electrons. The Kier molecular flexibility index (Phi) is 6.09. The van der Waals surface area contributed by atoms with Crippen LogP contribution < -0.4 is 10.6 Å². The van der Waals surface area contributed by atoms with Gasteiger partial charge in [-0.05, 0) is 64.8 Å². The monoisotopic (exact) mass is 312 g/mol. The summed E-state index contributed by atoms with van der Waals surface area (Å²) < 4.78 is 5.26. The van der Waals surface area contributed by atoms with Crippen LogP contribution in [-0.4, -0.2) is 42.0 Å². The zero-order valence-corrected chi connectivity index (χ0v) is 14.2. The van der Waals surface area contributed by atoms with Crippen molar-refractivity contribution in [1.82, 2.24) is 10.6 Å². The van der Waals surface area contributed by atoms with Crippen molar-refractivity contribution >= 4 is 6.09 Å². The number of rotatable bonds is 5. The molecule has 0 aromatic heterocycles. The van der Waals surface area contributed by atoms with Crippen LogP contribution in [-0.2, 0) is 4.74 Å². The number of alkyl carbamates (subject to hydrolysis) is 1. The molecule has 2 rings (SSSR count). The van der Waals surface area contributed by atoms with E-state index in [9.17, 15) is 9.90 Å². The highest BCUT2D eigenvalue weighted by atomic mass is 16.6. The number of aliphatic hydroxyl groups excluding tert-OH is 1. The van der Waals surface area contributed by atoms with Crippen molar-refractivity contribution in [2.24, 2.45) is 11.8 Å². The number of nitrogens with one attached hydrogen (secondary N) is 2.